The molecule has 1 heterocycles. The first-order chi connectivity index (χ1) is 15.4. The number of hydrogen-bond donors (Lipinski definition) is 1. The van der Waals surface area contributed by atoms with Gasteiger partial charge < -0.3 is 14.8 Å². The second-order valence-electron chi connectivity index (χ2n) is 7.03. The van der Waals surface area contributed by atoms with E-state index in [1.54, 1.807) is 24.3 Å². The highest BCUT2D eigenvalue weighted by molar-refractivity contribution is 6.31. The van der Waals surface area contributed by atoms with Crippen LogP contribution in [0.4, 0.5) is 5.69 Å². The van der Waals surface area contributed by atoms with Crippen molar-refractivity contribution in [2.75, 3.05) is 19.5 Å². The number of nitrogens with zero attached hydrogens (tertiary/aromatic N) is 3. The van der Waals surface area contributed by atoms with Crippen molar-refractivity contribution in [1.29, 1.82) is 5.26 Å². The van der Waals surface area contributed by atoms with Crippen molar-refractivity contribution in [1.82, 2.24) is 9.78 Å². The highest BCUT2D eigenvalue weighted by atomic mass is 35.5. The average Bonchev–Trinajstić information content (AvgIpc) is 3.05. The molecule has 0 radical (unpaired) electrons. The van der Waals surface area contributed by atoms with Gasteiger partial charge >= 0.3 is 0 Å². The molecule has 164 valence electrons. The number of methoxy groups -OCH3 is 2. The molecule has 3 aromatic rings. The lowest BCUT2D eigenvalue weighted by Crippen LogP contribution is -2.13. The molecule has 1 amide bonds. The van der Waals surface area contributed by atoms with E-state index in [4.69, 9.17) is 21.1 Å². The number of nitrogens with one attached hydrogen (secondary N) is 1. The number of aryl methyl sites for hydroxylation is 1. The van der Waals surface area contributed by atoms with Crippen LogP contribution in [0.15, 0.2) is 48.0 Å². The van der Waals surface area contributed by atoms with Crippen LogP contribution in [0.3, 0.4) is 0 Å². The number of hydrogen-bond acceptors (Lipinski definition) is 5. The Balaban J connectivity index is 1.86. The fourth-order valence-electron chi connectivity index (χ4n) is 3.27. The number of ether oxygens (including phenoxy) is 2. The van der Waals surface area contributed by atoms with Crippen molar-refractivity contribution in [2.24, 2.45) is 0 Å². The van der Waals surface area contributed by atoms with Crippen LogP contribution in [0.1, 0.15) is 22.5 Å². The molecule has 3 rings (SSSR count). The van der Waals surface area contributed by atoms with E-state index >= 15 is 0 Å². The van der Waals surface area contributed by atoms with E-state index in [0.29, 0.717) is 34.4 Å². The third kappa shape index (κ3) is 4.93. The molecule has 0 unspecified atom stereocenters. The van der Waals surface area contributed by atoms with Gasteiger partial charge in [-0.25, -0.2) is 0 Å². The summed E-state index contributed by atoms with van der Waals surface area (Å²) in [6.45, 7) is 4.22. The minimum Gasteiger partial charge on any atom is -0.493 e. The number of nitriles is 1. The lowest BCUT2D eigenvalue weighted by Gasteiger charge is -2.10. The second kappa shape index (κ2) is 10.0. The molecule has 1 N–H and O–H groups in total. The monoisotopic (exact) mass is 450 g/mol. The number of amides is 1. The number of aromatic nitrogens is 2. The first kappa shape index (κ1) is 22.9. The van der Waals surface area contributed by atoms with Crippen molar-refractivity contribution >= 4 is 29.3 Å². The van der Waals surface area contributed by atoms with Crippen LogP contribution in [0.5, 0.6) is 11.5 Å². The molecule has 0 aliphatic heterocycles. The number of halogens is 1. The summed E-state index contributed by atoms with van der Waals surface area (Å²) in [6.07, 6.45) is 1.55. The molecule has 8 heteroatoms. The Hall–Kier alpha value is -3.76. The third-order valence-electron chi connectivity index (χ3n) is 5.01. The van der Waals surface area contributed by atoms with Crippen LogP contribution in [0, 0.1) is 25.2 Å². The van der Waals surface area contributed by atoms with Crippen LogP contribution in [0.25, 0.3) is 6.08 Å². The molecule has 0 saturated heterocycles. The van der Waals surface area contributed by atoms with Crippen molar-refractivity contribution in [3.63, 3.8) is 0 Å². The van der Waals surface area contributed by atoms with Gasteiger partial charge in [-0.05, 0) is 43.7 Å². The standard InChI is InChI=1S/C24H23ClN4O3/c1-15-20(16(2)29(28-15)14-17-7-5-6-8-21(17)25)11-18(13-26)24(30)27-19-9-10-22(31-3)23(12-19)32-4/h5-12H,14H2,1-4H3,(H,27,30)/b18-11+. The number of carbonyl (C=O) groups excluding carboxylic acids is 1. The Kier molecular flexibility index (Phi) is 7.18. The molecule has 0 saturated carbocycles. The predicted octanol–water partition coefficient (Wildman–Crippen LogP) is 4.76. The molecular weight excluding hydrogens is 428 g/mol. The summed E-state index contributed by atoms with van der Waals surface area (Å²) in [6, 6.07) is 14.5. The Morgan fingerprint density at radius 1 is 1.19 bits per heavy atom. The van der Waals surface area contributed by atoms with Gasteiger partial charge in [-0.1, -0.05) is 29.8 Å². The molecule has 0 aliphatic carbocycles. The highest BCUT2D eigenvalue weighted by Crippen LogP contribution is 2.30. The van der Waals surface area contributed by atoms with E-state index in [1.807, 2.05) is 48.9 Å². The fraction of sp³-hybridized carbons (Fsp3) is 0.208. The molecule has 2 aromatic carbocycles. The van der Waals surface area contributed by atoms with Gasteiger partial charge in [-0.15, -0.1) is 0 Å². The Morgan fingerprint density at radius 3 is 2.56 bits per heavy atom. The molecular formula is C24H23ClN4O3. The summed E-state index contributed by atoms with van der Waals surface area (Å²) >= 11 is 6.27. The first-order valence-corrected chi connectivity index (χ1v) is 10.2. The van der Waals surface area contributed by atoms with Crippen molar-refractivity contribution in [3.8, 4) is 17.6 Å². The van der Waals surface area contributed by atoms with Gasteiger partial charge in [0.25, 0.3) is 5.91 Å². The summed E-state index contributed by atoms with van der Waals surface area (Å²) < 4.78 is 12.3. The smallest absolute Gasteiger partial charge is 0.266 e. The molecule has 0 spiro atoms. The lowest BCUT2D eigenvalue weighted by molar-refractivity contribution is -0.112. The minimum absolute atomic E-state index is 0.0386. The van der Waals surface area contributed by atoms with E-state index in [9.17, 15) is 10.1 Å². The summed E-state index contributed by atoms with van der Waals surface area (Å²) in [5.74, 6) is 0.483. The van der Waals surface area contributed by atoms with Crippen molar-refractivity contribution in [3.05, 3.63) is 75.6 Å². The van der Waals surface area contributed by atoms with Gasteiger partial charge in [0, 0.05) is 28.0 Å². The molecule has 32 heavy (non-hydrogen) atoms. The van der Waals surface area contributed by atoms with Crippen LogP contribution >= 0.6 is 11.6 Å². The molecule has 7 nitrogen and oxygen atoms in total. The highest BCUT2D eigenvalue weighted by Gasteiger charge is 2.16. The fourth-order valence-corrected chi connectivity index (χ4v) is 3.46. The number of benzene rings is 2. The van der Waals surface area contributed by atoms with E-state index in [2.05, 4.69) is 10.4 Å². The largest absolute Gasteiger partial charge is 0.493 e. The number of carbonyl (C=O) groups is 1. The van der Waals surface area contributed by atoms with E-state index < -0.39 is 5.91 Å². The van der Waals surface area contributed by atoms with Gasteiger partial charge in [0.2, 0.25) is 0 Å². The third-order valence-corrected chi connectivity index (χ3v) is 5.38. The van der Waals surface area contributed by atoms with E-state index in [0.717, 1.165) is 16.8 Å². The summed E-state index contributed by atoms with van der Waals surface area (Å²) in [5.41, 5.74) is 3.63. The quantitative estimate of drug-likeness (QED) is 0.414. The van der Waals surface area contributed by atoms with Crippen LogP contribution in [-0.2, 0) is 11.3 Å². The zero-order chi connectivity index (χ0) is 23.3. The Labute approximate surface area is 191 Å². The van der Waals surface area contributed by atoms with Gasteiger partial charge in [0.15, 0.2) is 11.5 Å². The Bertz CT molecular complexity index is 1220. The van der Waals surface area contributed by atoms with Gasteiger partial charge in [-0.3, -0.25) is 9.48 Å². The van der Waals surface area contributed by atoms with Crippen LogP contribution in [0.2, 0.25) is 5.02 Å². The summed E-state index contributed by atoms with van der Waals surface area (Å²) in [5, 5.41) is 17.6. The minimum atomic E-state index is -0.530. The van der Waals surface area contributed by atoms with Gasteiger partial charge in [-0.2, -0.15) is 10.4 Å². The van der Waals surface area contributed by atoms with Crippen LogP contribution < -0.4 is 14.8 Å². The van der Waals surface area contributed by atoms with Gasteiger partial charge in [0.05, 0.1) is 26.5 Å². The molecule has 0 atom stereocenters. The normalized spacial score (nSPS) is 11.1. The predicted molar refractivity (Wildman–Crippen MR) is 124 cm³/mol. The van der Waals surface area contributed by atoms with Crippen LogP contribution in [-0.4, -0.2) is 29.9 Å². The van der Waals surface area contributed by atoms with Gasteiger partial charge in [0.1, 0.15) is 11.6 Å². The topological polar surface area (TPSA) is 89.2 Å². The lowest BCUT2D eigenvalue weighted by atomic mass is 10.1. The maximum absolute atomic E-state index is 12.7. The number of rotatable bonds is 7. The molecule has 1 aromatic heterocycles. The maximum atomic E-state index is 12.7. The van der Waals surface area contributed by atoms with E-state index in [1.165, 1.54) is 14.2 Å². The molecule has 0 bridgehead atoms. The molecule has 0 fully saturated rings. The molecule has 0 aliphatic rings. The zero-order valence-electron chi connectivity index (χ0n) is 18.3. The van der Waals surface area contributed by atoms with Crippen molar-refractivity contribution < 1.29 is 14.3 Å². The van der Waals surface area contributed by atoms with Crippen molar-refractivity contribution in [2.45, 2.75) is 20.4 Å². The SMILES string of the molecule is COc1ccc(NC(=O)/C(C#N)=C/c2c(C)nn(Cc3ccccc3Cl)c2C)cc1OC. The number of anilines is 1. The second-order valence-corrected chi connectivity index (χ2v) is 7.43. The van der Waals surface area contributed by atoms with E-state index in [-0.39, 0.29) is 5.57 Å². The summed E-state index contributed by atoms with van der Waals surface area (Å²) in [4.78, 5) is 12.7. The zero-order valence-corrected chi connectivity index (χ0v) is 19.0. The first-order valence-electron chi connectivity index (χ1n) is 9.80. The maximum Gasteiger partial charge on any atom is 0.266 e. The summed E-state index contributed by atoms with van der Waals surface area (Å²) in [7, 11) is 3.04. The Morgan fingerprint density at radius 2 is 1.91 bits per heavy atom. The average molecular weight is 451 g/mol.